The molecule has 8 heteroatoms. The van der Waals surface area contributed by atoms with Crippen LogP contribution in [0.3, 0.4) is 0 Å². The van der Waals surface area contributed by atoms with Crippen molar-refractivity contribution in [1.29, 1.82) is 0 Å². The molecule has 0 radical (unpaired) electrons. The van der Waals surface area contributed by atoms with Crippen molar-refractivity contribution in [2.24, 2.45) is 11.3 Å². The Morgan fingerprint density at radius 3 is 2.53 bits per heavy atom. The Morgan fingerprint density at radius 1 is 1.21 bits per heavy atom. The van der Waals surface area contributed by atoms with E-state index in [0.717, 1.165) is 11.1 Å². The molecule has 0 amide bonds. The van der Waals surface area contributed by atoms with Gasteiger partial charge >= 0.3 is 17.9 Å². The van der Waals surface area contributed by atoms with Gasteiger partial charge in [0.2, 0.25) is 0 Å². The Balaban J connectivity index is 1.87. The lowest BCUT2D eigenvalue weighted by molar-refractivity contribution is -0.191. The molecule has 1 N–H and O–H groups in total. The highest BCUT2D eigenvalue weighted by atomic mass is 16.7. The summed E-state index contributed by atoms with van der Waals surface area (Å²) in [7, 11) is 0. The van der Waals surface area contributed by atoms with Crippen LogP contribution in [0.2, 0.25) is 0 Å². The average Bonchev–Trinajstić information content (AvgIpc) is 3.34. The summed E-state index contributed by atoms with van der Waals surface area (Å²) in [6.07, 6.45) is 3.07. The number of epoxide rings is 1. The van der Waals surface area contributed by atoms with E-state index in [2.05, 4.69) is 0 Å². The smallest absolute Gasteiger partial charge is 0.342 e. The Morgan fingerprint density at radius 2 is 1.91 bits per heavy atom. The number of allylic oxidation sites excluding steroid dienone is 1. The number of hydrogen-bond acceptors (Lipinski definition) is 8. The topological polar surface area (TPSA) is 112 Å². The fourth-order valence-corrected chi connectivity index (χ4v) is 6.43. The van der Waals surface area contributed by atoms with E-state index in [1.165, 1.54) is 6.92 Å². The van der Waals surface area contributed by atoms with Crippen molar-refractivity contribution in [1.82, 2.24) is 0 Å². The Labute approximate surface area is 200 Å². The van der Waals surface area contributed by atoms with E-state index < -0.39 is 58.9 Å². The molecule has 0 aromatic rings. The molecule has 1 spiro atoms. The summed E-state index contributed by atoms with van der Waals surface area (Å²) in [5.74, 6) is -1.86. The van der Waals surface area contributed by atoms with Gasteiger partial charge in [-0.25, -0.2) is 4.79 Å². The van der Waals surface area contributed by atoms with Gasteiger partial charge < -0.3 is 24.1 Å². The summed E-state index contributed by atoms with van der Waals surface area (Å²) in [5.41, 5.74) is -1.67. The Hall–Kier alpha value is -2.19. The third kappa shape index (κ3) is 3.52. The third-order valence-corrected chi connectivity index (χ3v) is 8.35. The highest BCUT2D eigenvalue weighted by Gasteiger charge is 2.86. The molecule has 0 saturated carbocycles. The number of esters is 3. The highest BCUT2D eigenvalue weighted by molar-refractivity contribution is 5.89. The maximum absolute atomic E-state index is 12.7. The Bertz CT molecular complexity index is 952. The molecule has 0 bridgehead atoms. The van der Waals surface area contributed by atoms with Gasteiger partial charge in [-0.3, -0.25) is 9.59 Å². The monoisotopic (exact) mass is 476 g/mol. The van der Waals surface area contributed by atoms with E-state index in [1.54, 1.807) is 6.92 Å². The molecule has 2 aliphatic carbocycles. The van der Waals surface area contributed by atoms with Gasteiger partial charge in [0.05, 0.1) is 11.5 Å². The zero-order valence-electron chi connectivity index (χ0n) is 20.9. The van der Waals surface area contributed by atoms with Crippen molar-refractivity contribution in [2.75, 3.05) is 0 Å². The molecule has 2 heterocycles. The second kappa shape index (κ2) is 8.48. The van der Waals surface area contributed by atoms with Gasteiger partial charge in [-0.2, -0.15) is 0 Å². The molecular weight excluding hydrogens is 440 g/mol. The van der Waals surface area contributed by atoms with E-state index >= 15 is 0 Å². The van der Waals surface area contributed by atoms with Crippen LogP contribution in [0.1, 0.15) is 73.6 Å². The third-order valence-electron chi connectivity index (χ3n) is 8.35. The molecule has 2 fully saturated rings. The van der Waals surface area contributed by atoms with E-state index in [-0.39, 0.29) is 12.4 Å². The number of hydrogen-bond donors (Lipinski definition) is 1. The van der Waals surface area contributed by atoms with E-state index in [9.17, 15) is 19.5 Å². The largest absolute Gasteiger partial charge is 0.462 e. The molecule has 2 saturated heterocycles. The lowest BCUT2D eigenvalue weighted by Gasteiger charge is -2.52. The van der Waals surface area contributed by atoms with Gasteiger partial charge in [0.1, 0.15) is 12.2 Å². The normalized spacial score (nSPS) is 44.8. The first-order valence-electron chi connectivity index (χ1n) is 12.2. The zero-order valence-corrected chi connectivity index (χ0v) is 20.9. The van der Waals surface area contributed by atoms with Crippen molar-refractivity contribution in [3.05, 3.63) is 23.3 Å². The maximum atomic E-state index is 12.7. The quantitative estimate of drug-likeness (QED) is 0.285. The van der Waals surface area contributed by atoms with Gasteiger partial charge in [0, 0.05) is 25.7 Å². The van der Waals surface area contributed by atoms with Crippen LogP contribution < -0.4 is 0 Å². The van der Waals surface area contributed by atoms with Gasteiger partial charge in [0.15, 0.2) is 17.3 Å². The molecular formula is C26H36O8. The van der Waals surface area contributed by atoms with E-state index in [4.69, 9.17) is 18.9 Å². The van der Waals surface area contributed by atoms with Gasteiger partial charge in [-0.15, -0.1) is 0 Å². The summed E-state index contributed by atoms with van der Waals surface area (Å²) in [6.45, 7) is 10.7. The molecule has 8 atom stereocenters. The summed E-state index contributed by atoms with van der Waals surface area (Å²) < 4.78 is 23.6. The fraction of sp³-hybridized carbons (Fsp3) is 0.731. The average molecular weight is 477 g/mol. The number of fused-ring (bicyclic) bond motifs is 1. The number of carbonyl (C=O) groups excluding carboxylic acids is 3. The molecule has 4 aliphatic rings. The minimum atomic E-state index is -1.27. The van der Waals surface area contributed by atoms with E-state index in [0.29, 0.717) is 25.7 Å². The summed E-state index contributed by atoms with van der Waals surface area (Å²) >= 11 is 0. The first-order chi connectivity index (χ1) is 15.9. The minimum Gasteiger partial charge on any atom is -0.462 e. The molecule has 2 aliphatic heterocycles. The highest BCUT2D eigenvalue weighted by Crippen LogP contribution is 2.64. The fourth-order valence-electron chi connectivity index (χ4n) is 6.43. The van der Waals surface area contributed by atoms with Crippen LogP contribution in [0.4, 0.5) is 0 Å². The lowest BCUT2D eigenvalue weighted by Crippen LogP contribution is -2.60. The van der Waals surface area contributed by atoms with Crippen LogP contribution in [0.5, 0.6) is 0 Å². The SMILES string of the molecule is CCCC(=O)O[C@H]1CC/C(C)=C\[C@@H]2OC(=O)[C@]3(C)O[C@]23[C@@H](O)[C@H]2C(C)=CC[C@H](OC(C)=O)[C@]12C. The molecule has 0 aromatic carbocycles. The van der Waals surface area contributed by atoms with Gasteiger partial charge in [0.25, 0.3) is 0 Å². The van der Waals surface area contributed by atoms with Crippen molar-refractivity contribution >= 4 is 17.9 Å². The van der Waals surface area contributed by atoms with Crippen molar-refractivity contribution in [3.8, 4) is 0 Å². The number of ether oxygens (including phenoxy) is 4. The number of aliphatic hydroxyl groups is 1. The number of rotatable bonds is 4. The molecule has 0 unspecified atom stereocenters. The lowest BCUT2D eigenvalue weighted by atomic mass is 9.57. The first kappa shape index (κ1) is 24.9. The second-order valence-electron chi connectivity index (χ2n) is 10.6. The maximum Gasteiger partial charge on any atom is 0.342 e. The molecule has 0 aromatic heterocycles. The number of carbonyl (C=O) groups is 3. The predicted molar refractivity (Wildman–Crippen MR) is 121 cm³/mol. The van der Waals surface area contributed by atoms with Crippen LogP contribution in [0.15, 0.2) is 23.3 Å². The molecule has 4 rings (SSSR count). The van der Waals surface area contributed by atoms with Crippen molar-refractivity contribution < 1.29 is 38.4 Å². The van der Waals surface area contributed by atoms with Crippen molar-refractivity contribution in [2.45, 2.75) is 109 Å². The van der Waals surface area contributed by atoms with Crippen molar-refractivity contribution in [3.63, 3.8) is 0 Å². The van der Waals surface area contributed by atoms with Crippen LogP contribution in [0, 0.1) is 11.3 Å². The summed E-state index contributed by atoms with van der Waals surface area (Å²) in [6, 6.07) is 0. The predicted octanol–water partition coefficient (Wildman–Crippen LogP) is 3.16. The summed E-state index contributed by atoms with van der Waals surface area (Å²) in [4.78, 5) is 37.5. The van der Waals surface area contributed by atoms with Crippen LogP contribution in [-0.2, 0) is 33.3 Å². The molecule has 34 heavy (non-hydrogen) atoms. The molecule has 188 valence electrons. The van der Waals surface area contributed by atoms with Crippen LogP contribution in [0.25, 0.3) is 0 Å². The summed E-state index contributed by atoms with van der Waals surface area (Å²) in [5, 5.41) is 12.0. The first-order valence-corrected chi connectivity index (χ1v) is 12.2. The number of aliphatic hydroxyl groups excluding tert-OH is 1. The van der Waals surface area contributed by atoms with Crippen LogP contribution in [-0.4, -0.2) is 58.6 Å². The Kier molecular flexibility index (Phi) is 6.22. The zero-order chi connectivity index (χ0) is 25.1. The molecule has 8 nitrogen and oxygen atoms in total. The van der Waals surface area contributed by atoms with E-state index in [1.807, 2.05) is 39.8 Å². The van der Waals surface area contributed by atoms with Gasteiger partial charge in [-0.05, 0) is 46.1 Å². The minimum absolute atomic E-state index is 0.275. The van der Waals surface area contributed by atoms with Gasteiger partial charge in [-0.1, -0.05) is 31.1 Å². The second-order valence-corrected chi connectivity index (χ2v) is 10.6. The van der Waals surface area contributed by atoms with Crippen LogP contribution >= 0.6 is 0 Å². The standard InChI is InChI=1S/C26H36O8/c1-7-8-20(28)32-18-11-9-14(2)13-19-26(25(6,34-26)23(30)33-19)22(29)21-15(3)10-12-17(24(18,21)5)31-16(4)27/h10,13,17-19,21-22,29H,7-9,11-12H2,1-6H3/b14-13-/t17-,18-,19-,21+,22-,24+,25-,26-/m0/s1.